The molecule has 0 amide bonds. The van der Waals surface area contributed by atoms with E-state index in [1.165, 1.54) is 0 Å². The standard InChI is InChI=1S/Ce.Cu.5NO3/c;;5*2-1(3)4/q+3;+2;5*-1. The molecule has 0 heterocycles. The Kier molecular flexibility index (Phi) is 70.7. The summed E-state index contributed by atoms with van der Waals surface area (Å²) in [5.74, 6) is 0. The van der Waals surface area contributed by atoms with Crippen molar-refractivity contribution in [2.75, 3.05) is 0 Å². The first kappa shape index (κ1) is 42.7. The summed E-state index contributed by atoms with van der Waals surface area (Å²) in [6.07, 6.45) is 0. The second kappa shape index (κ2) is 36.4. The van der Waals surface area contributed by atoms with Gasteiger partial charge in [0.1, 0.15) is 0 Å². The van der Waals surface area contributed by atoms with Crippen molar-refractivity contribution in [3.05, 3.63) is 76.6 Å². The van der Waals surface area contributed by atoms with Crippen LogP contribution in [0.1, 0.15) is 0 Å². The predicted molar refractivity (Wildman–Crippen MR) is 51.8 cm³/mol. The average molecular weight is 514 g/mol. The van der Waals surface area contributed by atoms with Crippen molar-refractivity contribution in [2.24, 2.45) is 0 Å². The number of hydrogen-bond acceptors (Lipinski definition) is 15. The molecule has 2 radical (unpaired) electrons. The molecule has 0 N–H and O–H groups in total. The smallest absolute Gasteiger partial charge is 0.356 e. The molecule has 130 valence electrons. The van der Waals surface area contributed by atoms with Crippen LogP contribution < -0.4 is 0 Å². The Morgan fingerprint density at radius 2 is 0.364 bits per heavy atom. The van der Waals surface area contributed by atoms with Crippen LogP contribution in [0.4, 0.5) is 0 Å². The molecule has 0 aromatic rings. The van der Waals surface area contributed by atoms with Crippen LogP contribution in [0.25, 0.3) is 0 Å². The van der Waals surface area contributed by atoms with Crippen molar-refractivity contribution in [2.45, 2.75) is 0 Å². The second-order valence-electron chi connectivity index (χ2n) is 1.12. The van der Waals surface area contributed by atoms with Crippen LogP contribution >= 0.6 is 0 Å². The van der Waals surface area contributed by atoms with Crippen LogP contribution in [0.2, 0.25) is 0 Å². The van der Waals surface area contributed by atoms with Gasteiger partial charge < -0.3 is 76.6 Å². The van der Waals surface area contributed by atoms with Crippen molar-refractivity contribution < 1.29 is 84.2 Å². The average Bonchev–Trinajstić information content (AvgIpc) is 1.94. The third-order valence-electron chi connectivity index (χ3n) is 0. The van der Waals surface area contributed by atoms with Gasteiger partial charge >= 0.3 is 58.8 Å². The zero-order valence-corrected chi connectivity index (χ0v) is 13.2. The maximum Gasteiger partial charge on any atom is 3.00 e. The summed E-state index contributed by atoms with van der Waals surface area (Å²) < 4.78 is 0. The van der Waals surface area contributed by atoms with Crippen LogP contribution in [0.5, 0.6) is 0 Å². The van der Waals surface area contributed by atoms with Gasteiger partial charge in [-0.15, -0.1) is 0 Å². The van der Waals surface area contributed by atoms with Crippen molar-refractivity contribution in [1.82, 2.24) is 0 Å². The minimum Gasteiger partial charge on any atom is -0.356 e. The minimum absolute atomic E-state index is 0. The first-order valence-corrected chi connectivity index (χ1v) is 2.74. The van der Waals surface area contributed by atoms with Gasteiger partial charge in [0.05, 0.1) is 25.4 Å². The third-order valence-corrected chi connectivity index (χ3v) is 0. The topological polar surface area (TPSA) is 331 Å². The van der Waals surface area contributed by atoms with Crippen molar-refractivity contribution in [3.8, 4) is 0 Å². The Labute approximate surface area is 160 Å². The van der Waals surface area contributed by atoms with Gasteiger partial charge in [-0.1, -0.05) is 0 Å². The molecular formula is CeCuN5O15. The summed E-state index contributed by atoms with van der Waals surface area (Å²) in [5, 5.41) is 73.8. The van der Waals surface area contributed by atoms with Gasteiger partial charge in [0, 0.05) is 0 Å². The van der Waals surface area contributed by atoms with Crippen LogP contribution in [0.15, 0.2) is 0 Å². The molecule has 0 fully saturated rings. The second-order valence-corrected chi connectivity index (χ2v) is 1.12. The monoisotopic (exact) mass is 513 g/mol. The van der Waals surface area contributed by atoms with E-state index in [0.29, 0.717) is 0 Å². The molecule has 0 aliphatic carbocycles. The molecular weight excluding hydrogens is 514 g/mol. The van der Waals surface area contributed by atoms with E-state index >= 15 is 0 Å². The molecule has 0 bridgehead atoms. The zero-order valence-electron chi connectivity index (χ0n) is 9.16. The van der Waals surface area contributed by atoms with Crippen LogP contribution in [-0.4, -0.2) is 25.4 Å². The summed E-state index contributed by atoms with van der Waals surface area (Å²) in [6, 6.07) is 0. The number of rotatable bonds is 0. The third kappa shape index (κ3) is 1150. The van der Waals surface area contributed by atoms with Crippen molar-refractivity contribution >= 4 is 0 Å². The van der Waals surface area contributed by atoms with E-state index in [2.05, 4.69) is 0 Å². The maximum absolute atomic E-state index is 8.25. The van der Waals surface area contributed by atoms with Gasteiger partial charge in [0.25, 0.3) is 0 Å². The minimum atomic E-state index is -1.75. The molecule has 0 aromatic carbocycles. The van der Waals surface area contributed by atoms with Gasteiger partial charge in [-0.25, -0.2) is 0 Å². The molecule has 0 saturated heterocycles. The molecule has 0 aliphatic rings. The van der Waals surface area contributed by atoms with E-state index in [1.54, 1.807) is 0 Å². The van der Waals surface area contributed by atoms with E-state index in [4.69, 9.17) is 76.6 Å². The molecule has 0 unspecified atom stereocenters. The summed E-state index contributed by atoms with van der Waals surface area (Å²) >= 11 is 0. The Balaban J connectivity index is -0.0000000250. The Morgan fingerprint density at radius 3 is 0.364 bits per heavy atom. The molecule has 0 aliphatic heterocycles. The van der Waals surface area contributed by atoms with E-state index < -0.39 is 25.4 Å². The largest absolute Gasteiger partial charge is 3.00 e. The van der Waals surface area contributed by atoms with Gasteiger partial charge in [0.2, 0.25) is 0 Å². The van der Waals surface area contributed by atoms with Crippen molar-refractivity contribution in [1.29, 1.82) is 0 Å². The quantitative estimate of drug-likeness (QED) is 0.208. The molecule has 0 atom stereocenters. The molecule has 0 spiro atoms. The summed E-state index contributed by atoms with van der Waals surface area (Å²) in [5.41, 5.74) is 0. The molecule has 0 saturated carbocycles. The van der Waals surface area contributed by atoms with Crippen LogP contribution in [0.3, 0.4) is 0 Å². The van der Waals surface area contributed by atoms with E-state index in [0.717, 1.165) is 0 Å². The predicted octanol–water partition coefficient (Wildman–Crippen LogP) is -1.20. The summed E-state index contributed by atoms with van der Waals surface area (Å²) in [4.78, 5) is 41.2. The van der Waals surface area contributed by atoms with Gasteiger partial charge in [-0.2, -0.15) is 0 Å². The van der Waals surface area contributed by atoms with E-state index in [-0.39, 0.29) is 58.8 Å². The van der Waals surface area contributed by atoms with Gasteiger partial charge in [0.15, 0.2) is 0 Å². The van der Waals surface area contributed by atoms with Crippen LogP contribution in [-0.2, 0) is 17.1 Å². The van der Waals surface area contributed by atoms with E-state index in [1.807, 2.05) is 0 Å². The number of nitrogens with zero attached hydrogens (tertiary/aromatic N) is 5. The zero-order chi connectivity index (χ0) is 17.9. The van der Waals surface area contributed by atoms with E-state index in [9.17, 15) is 0 Å². The van der Waals surface area contributed by atoms with Crippen LogP contribution in [0, 0.1) is 118 Å². The maximum atomic E-state index is 8.25. The molecule has 22 heavy (non-hydrogen) atoms. The fourth-order valence-corrected chi connectivity index (χ4v) is 0. The first-order valence-electron chi connectivity index (χ1n) is 2.74. The van der Waals surface area contributed by atoms with Crippen molar-refractivity contribution in [3.63, 3.8) is 0 Å². The first-order chi connectivity index (χ1) is 8.66. The molecule has 0 aromatic heterocycles. The fourth-order valence-electron chi connectivity index (χ4n) is 0. The summed E-state index contributed by atoms with van der Waals surface area (Å²) in [7, 11) is 0. The Hall–Kier alpha value is -2.10. The fraction of sp³-hybridized carbons (Fsp3) is 0. The molecule has 20 nitrogen and oxygen atoms in total. The Morgan fingerprint density at radius 1 is 0.364 bits per heavy atom. The molecule has 22 heteroatoms. The SMILES string of the molecule is O=[N+]([O-])[O-].O=[N+]([O-])[O-].O=[N+]([O-])[O-].O=[N+]([O-])[O-].O=[N+]([O-])[O-].[Ce+3].[Cu+2]. The normalized spacial score (nSPS) is 5.45. The Bertz CT molecular complexity index is 213. The van der Waals surface area contributed by atoms with Gasteiger partial charge in [-0.3, -0.25) is 0 Å². The summed E-state index contributed by atoms with van der Waals surface area (Å²) in [6.45, 7) is 0. The molecule has 0 rings (SSSR count). The van der Waals surface area contributed by atoms with Gasteiger partial charge in [-0.05, 0) is 0 Å². The number of hydrogen-bond donors (Lipinski definition) is 0.